The van der Waals surface area contributed by atoms with E-state index in [-0.39, 0.29) is 59.1 Å². The maximum atomic E-state index is 14.5. The highest BCUT2D eigenvalue weighted by Gasteiger charge is 2.34. The molecule has 87 heavy (non-hydrogen) atoms. The number of aryl methyl sites for hydroxylation is 2. The number of ether oxygens (including phenoxy) is 4. The molecule has 468 valence electrons. The zero-order chi connectivity index (χ0) is 63.2. The van der Waals surface area contributed by atoms with Crippen LogP contribution in [0.5, 0.6) is 11.5 Å². The summed E-state index contributed by atoms with van der Waals surface area (Å²) in [5.41, 5.74) is -3.93. The van der Waals surface area contributed by atoms with Crippen LogP contribution in [-0.4, -0.2) is 145 Å². The fourth-order valence-corrected chi connectivity index (χ4v) is 12.6. The minimum Gasteiger partial charge on any atom is -0.496 e. The minimum absolute atomic E-state index is 0.118. The van der Waals surface area contributed by atoms with E-state index < -0.39 is 75.6 Å². The van der Waals surface area contributed by atoms with Crippen LogP contribution in [0.1, 0.15) is 114 Å². The average Bonchev–Trinajstić information content (AvgIpc) is 1.74. The molecule has 8 heterocycles. The topological polar surface area (TPSA) is 296 Å². The lowest BCUT2D eigenvalue weighted by molar-refractivity contribution is -0.140. The van der Waals surface area contributed by atoms with Gasteiger partial charge in [-0.3, -0.25) is 23.5 Å². The highest BCUT2D eigenvalue weighted by molar-refractivity contribution is 7.21. The van der Waals surface area contributed by atoms with Gasteiger partial charge < -0.3 is 44.5 Å². The van der Waals surface area contributed by atoms with Gasteiger partial charge in [0.25, 0.3) is 11.1 Å². The number of hydrogen-bond acceptors (Lipinski definition) is 19. The molecular formula is C58H72F2N12O13S2. The molecule has 2 aliphatic rings. The van der Waals surface area contributed by atoms with Crippen molar-refractivity contribution in [3.63, 3.8) is 0 Å². The quantitative estimate of drug-likeness (QED) is 0.0703. The summed E-state index contributed by atoms with van der Waals surface area (Å²) in [6, 6.07) is 5.23. The number of aromatic nitrogens is 10. The third-order valence-corrected chi connectivity index (χ3v) is 17.1. The van der Waals surface area contributed by atoms with Crippen LogP contribution >= 0.6 is 22.7 Å². The number of halogens is 2. The van der Waals surface area contributed by atoms with Gasteiger partial charge in [0.1, 0.15) is 67.1 Å². The molecule has 10 rings (SSSR count). The monoisotopic (exact) mass is 1250 g/mol. The number of carboxylic acid groups (broad SMARTS) is 1. The van der Waals surface area contributed by atoms with Gasteiger partial charge in [0.2, 0.25) is 5.91 Å². The molecule has 2 fully saturated rings. The fourth-order valence-electron chi connectivity index (χ4n) is 10.1. The van der Waals surface area contributed by atoms with Crippen LogP contribution in [0.4, 0.5) is 8.78 Å². The van der Waals surface area contributed by atoms with E-state index in [2.05, 4.69) is 25.7 Å². The number of nitrogens with one attached hydrogen (secondary N) is 1. The molecule has 4 atom stereocenters. The molecule has 4 N–H and O–H groups in total. The summed E-state index contributed by atoms with van der Waals surface area (Å²) in [4.78, 5) is 85.8. The number of carboxylic acids is 1. The Morgan fingerprint density at radius 1 is 0.644 bits per heavy atom. The van der Waals surface area contributed by atoms with Gasteiger partial charge in [-0.05, 0) is 131 Å². The van der Waals surface area contributed by atoms with Gasteiger partial charge in [-0.15, -0.1) is 9.59 Å². The van der Waals surface area contributed by atoms with Crippen LogP contribution in [0.15, 0.2) is 80.4 Å². The number of nitrogens with zero attached hydrogens (tertiary/aromatic N) is 11. The number of thiophene rings is 2. The number of aliphatic carboxylic acids is 1. The Hall–Kier alpha value is -7.80. The summed E-state index contributed by atoms with van der Waals surface area (Å²) in [7, 11) is 2.83. The summed E-state index contributed by atoms with van der Waals surface area (Å²) >= 11 is 2.22. The van der Waals surface area contributed by atoms with Crippen molar-refractivity contribution in [3.05, 3.63) is 137 Å². The number of amides is 1. The molecule has 6 aromatic heterocycles. The van der Waals surface area contributed by atoms with E-state index in [1.54, 1.807) is 39.5 Å². The van der Waals surface area contributed by atoms with Crippen molar-refractivity contribution in [3.8, 4) is 21.5 Å². The van der Waals surface area contributed by atoms with E-state index in [1.165, 1.54) is 141 Å². The number of rotatable bonds is 20. The number of aliphatic hydroxyl groups is 2. The first kappa shape index (κ1) is 65.2. The standard InChI is InChI=1S/C29H35FN6O6S.C25H28FN5O7S.C4H9N/c1-17-23-25(38)35(18(2)24(37)33-12-6-7-13-33)28(39)34(27(23)43-26(17)36-31-10-11-32-36)15-22(42-16-29(3,4)40)20-14-19(30)8-9-21(20)41-5;1-13-19-20(32)30(14(2)23(33)34)24(35)29(22(19)39-21(13)31-27-8-9-28-31)11-18(38-12-25(3,4)36)16-10-15(26)6-7-17(16)37-5;1-2-4-5-3-1/h8-11,14,18,22,40H,6-7,12-13,15-16H2,1-5H3;6-10,14,18,36H,11-12H2,1-5H3,(H,33,34);5H,1-4H2/t18-,22-;14-,18-;/m00./s1. The van der Waals surface area contributed by atoms with Crippen molar-refractivity contribution in [2.24, 2.45) is 0 Å². The molecule has 1 amide bonds. The van der Waals surface area contributed by atoms with E-state index in [0.29, 0.717) is 54.9 Å². The molecule has 8 aromatic rings. The summed E-state index contributed by atoms with van der Waals surface area (Å²) < 4.78 is 56.2. The number of carbonyl (C=O) groups is 2. The van der Waals surface area contributed by atoms with Gasteiger partial charge in [0, 0.05) is 35.3 Å². The predicted molar refractivity (Wildman–Crippen MR) is 321 cm³/mol. The third-order valence-electron chi connectivity index (χ3n) is 14.6. The lowest BCUT2D eigenvalue weighted by Gasteiger charge is -2.27. The van der Waals surface area contributed by atoms with Gasteiger partial charge in [-0.25, -0.2) is 32.3 Å². The number of fused-ring (bicyclic) bond motifs is 2. The number of likely N-dealkylation sites (tertiary alicyclic amines) is 1. The molecule has 0 saturated carbocycles. The van der Waals surface area contributed by atoms with Crippen LogP contribution in [0.25, 0.3) is 30.4 Å². The smallest absolute Gasteiger partial charge is 0.333 e. The Morgan fingerprint density at radius 2 is 1.03 bits per heavy atom. The number of carbonyl (C=O) groups excluding carboxylic acids is 1. The van der Waals surface area contributed by atoms with E-state index in [4.69, 9.17) is 18.9 Å². The molecule has 25 nitrogen and oxygen atoms in total. The summed E-state index contributed by atoms with van der Waals surface area (Å²) in [6.45, 7) is 15.2. The predicted octanol–water partition coefficient (Wildman–Crippen LogP) is 5.78. The zero-order valence-electron chi connectivity index (χ0n) is 50.0. The fraction of sp³-hybridized carbons (Fsp3) is 0.483. The molecule has 0 unspecified atom stereocenters. The Balaban J connectivity index is 0.000000209. The maximum absolute atomic E-state index is 14.5. The first-order valence-electron chi connectivity index (χ1n) is 28.1. The molecule has 2 aromatic carbocycles. The largest absolute Gasteiger partial charge is 0.496 e. The van der Waals surface area contributed by atoms with Crippen LogP contribution < -0.4 is 37.3 Å². The molecule has 0 spiro atoms. The van der Waals surface area contributed by atoms with Crippen LogP contribution in [-0.2, 0) is 32.2 Å². The average molecular weight is 1250 g/mol. The Labute approximate surface area is 505 Å². The van der Waals surface area contributed by atoms with Crippen molar-refractivity contribution in [1.82, 2.24) is 58.5 Å². The summed E-state index contributed by atoms with van der Waals surface area (Å²) in [5, 5.41) is 51.7. The number of hydrogen-bond donors (Lipinski definition) is 4. The highest BCUT2D eigenvalue weighted by atomic mass is 32.1. The molecule has 29 heteroatoms. The molecule has 0 bridgehead atoms. The van der Waals surface area contributed by atoms with Gasteiger partial charge >= 0.3 is 17.3 Å². The first-order valence-corrected chi connectivity index (χ1v) is 29.8. The van der Waals surface area contributed by atoms with Crippen LogP contribution in [0.2, 0.25) is 0 Å². The Bertz CT molecular complexity index is 3980. The SMILES string of the molecule is C1CCNC1.COc1ccc(F)cc1[C@H](Cn1c(=O)n([C@@H](C)C(=O)N2CCCC2)c(=O)c2c(C)c(-n3nccn3)sc21)OCC(C)(C)O.COc1ccc(F)cc1[C@H](Cn1c(=O)n([C@@H](C)C(=O)O)c(=O)c2c(C)c(-n3nccn3)sc21)OCC(C)(C)O. The number of benzene rings is 2. The second-order valence-electron chi connectivity index (χ2n) is 22.4. The molecule has 2 saturated heterocycles. The highest BCUT2D eigenvalue weighted by Crippen LogP contribution is 2.37. The normalized spacial score (nSPS) is 15.0. The van der Waals surface area contributed by atoms with Crippen LogP contribution in [0.3, 0.4) is 0 Å². The van der Waals surface area contributed by atoms with Gasteiger partial charge in [0.15, 0.2) is 0 Å². The molecule has 0 aliphatic carbocycles. The van der Waals surface area contributed by atoms with Crippen molar-refractivity contribution >= 4 is 55.0 Å². The second kappa shape index (κ2) is 27.5. The second-order valence-corrected chi connectivity index (χ2v) is 24.3. The zero-order valence-corrected chi connectivity index (χ0v) is 51.6. The van der Waals surface area contributed by atoms with E-state index >= 15 is 0 Å². The number of methoxy groups -OCH3 is 2. The van der Waals surface area contributed by atoms with E-state index in [1.807, 2.05) is 0 Å². The summed E-state index contributed by atoms with van der Waals surface area (Å²) in [6.07, 6.45) is 8.39. The van der Waals surface area contributed by atoms with Crippen molar-refractivity contribution in [1.29, 1.82) is 0 Å². The molecule has 0 radical (unpaired) electrons. The maximum Gasteiger partial charge on any atom is 0.333 e. The van der Waals surface area contributed by atoms with Crippen molar-refractivity contribution in [2.75, 3.05) is 53.6 Å². The minimum atomic E-state index is -1.48. The first-order chi connectivity index (χ1) is 41.2. The lowest BCUT2D eigenvalue weighted by Crippen LogP contribution is -2.47. The molecule has 2 aliphatic heterocycles. The van der Waals surface area contributed by atoms with Crippen molar-refractivity contribution in [2.45, 2.75) is 130 Å². The van der Waals surface area contributed by atoms with E-state index in [9.17, 15) is 52.9 Å². The lowest BCUT2D eigenvalue weighted by atomic mass is 10.1. The summed E-state index contributed by atoms with van der Waals surface area (Å²) in [5.74, 6) is -2.21. The molecular weight excluding hydrogens is 1170 g/mol. The van der Waals surface area contributed by atoms with Gasteiger partial charge in [-0.1, -0.05) is 22.7 Å². The van der Waals surface area contributed by atoms with E-state index in [0.717, 1.165) is 40.1 Å². The Morgan fingerprint density at radius 3 is 1.38 bits per heavy atom. The van der Waals surface area contributed by atoms with Gasteiger partial charge in [0.05, 0.1) is 87.3 Å². The van der Waals surface area contributed by atoms with Crippen molar-refractivity contribution < 1.29 is 52.6 Å². The third kappa shape index (κ3) is 14.6. The Kier molecular flexibility index (Phi) is 20.6. The van der Waals surface area contributed by atoms with Gasteiger partial charge in [-0.2, -0.15) is 20.4 Å². The van der Waals surface area contributed by atoms with Crippen LogP contribution in [0, 0.1) is 25.5 Å².